The second-order valence-electron chi connectivity index (χ2n) is 9.90. The molecule has 42 heavy (non-hydrogen) atoms. The van der Waals surface area contributed by atoms with E-state index in [1.165, 1.54) is 20.2 Å². The fourth-order valence-electron chi connectivity index (χ4n) is 4.24. The normalized spacial score (nSPS) is 22.9. The lowest BCUT2D eigenvalue weighted by Gasteiger charge is -2.24. The van der Waals surface area contributed by atoms with Crippen LogP contribution in [0.25, 0.3) is 11.2 Å². The van der Waals surface area contributed by atoms with E-state index in [0.29, 0.717) is 17.8 Å². The molecular formula is C24H35N6O11P. The largest absolute Gasteiger partial charge is 0.519 e. The minimum atomic E-state index is -4.31. The first kappa shape index (κ1) is 31.6. The summed E-state index contributed by atoms with van der Waals surface area (Å²) in [5.41, 5.74) is 6.56. The highest BCUT2D eigenvalue weighted by molar-refractivity contribution is 7.51. The van der Waals surface area contributed by atoms with Gasteiger partial charge in [0.25, 0.3) is 0 Å². The van der Waals surface area contributed by atoms with E-state index in [0.717, 1.165) is 0 Å². The van der Waals surface area contributed by atoms with Gasteiger partial charge in [-0.15, -0.1) is 0 Å². The predicted octanol–water partition coefficient (Wildman–Crippen LogP) is 1.83. The minimum absolute atomic E-state index is 0.0199. The Hall–Kier alpha value is -3.34. The zero-order chi connectivity index (χ0) is 30.8. The number of anilines is 1. The summed E-state index contributed by atoms with van der Waals surface area (Å²) in [5, 5.41) is 13.5. The second-order valence-corrected chi connectivity index (χ2v) is 11.7. The SMILES string of the molecule is CCOc1nc(N)nc2c1ncn2C1OC(COP(=O)(NC(C)C(=O)OC(C)C)OCc2oc(=O)oc2C)C(O)C1C. The number of esters is 1. The van der Waals surface area contributed by atoms with Gasteiger partial charge < -0.3 is 33.9 Å². The molecule has 3 aromatic rings. The van der Waals surface area contributed by atoms with Crippen molar-refractivity contribution in [3.8, 4) is 5.88 Å². The lowest BCUT2D eigenvalue weighted by molar-refractivity contribution is -0.149. The van der Waals surface area contributed by atoms with E-state index >= 15 is 0 Å². The van der Waals surface area contributed by atoms with Crippen molar-refractivity contribution in [3.05, 3.63) is 28.5 Å². The van der Waals surface area contributed by atoms with E-state index in [2.05, 4.69) is 20.0 Å². The highest BCUT2D eigenvalue weighted by atomic mass is 31.2. The molecule has 232 valence electrons. The third-order valence-electron chi connectivity index (χ3n) is 6.31. The molecular weight excluding hydrogens is 579 g/mol. The standard InChI is InChI=1S/C24H35N6O11P/c1-7-35-20-17-19(27-23(25)28-20)30(10-26-17)21-12(4)18(31)16(40-21)9-37-42(34,29-13(5)22(32)38-11(2)3)36-8-15-14(6)39-24(33)41-15/h10-13,16,18,21,31H,7-9H2,1-6H3,(H,29,34)(H2,25,27,28). The summed E-state index contributed by atoms with van der Waals surface area (Å²) < 4.78 is 53.0. The maximum Gasteiger partial charge on any atom is 0.519 e. The van der Waals surface area contributed by atoms with Crippen molar-refractivity contribution in [2.24, 2.45) is 5.92 Å². The molecule has 0 bridgehead atoms. The number of nitrogens with one attached hydrogen (secondary N) is 1. The molecule has 0 amide bonds. The summed E-state index contributed by atoms with van der Waals surface area (Å²) in [5.74, 6) is -1.88. The number of ether oxygens (including phenoxy) is 3. The van der Waals surface area contributed by atoms with Crippen LogP contribution >= 0.6 is 7.75 Å². The van der Waals surface area contributed by atoms with Crippen LogP contribution in [-0.2, 0) is 34.5 Å². The van der Waals surface area contributed by atoms with Gasteiger partial charge in [0.05, 0.1) is 31.7 Å². The molecule has 4 heterocycles. The number of aliphatic hydroxyl groups is 1. The van der Waals surface area contributed by atoms with Crippen LogP contribution in [-0.4, -0.2) is 68.2 Å². The Bertz CT molecular complexity index is 1500. The number of nitrogens with two attached hydrogens (primary N) is 1. The number of aromatic nitrogens is 4. The summed E-state index contributed by atoms with van der Waals surface area (Å²) in [6.45, 7) is 9.19. The van der Waals surface area contributed by atoms with Gasteiger partial charge >= 0.3 is 19.5 Å². The van der Waals surface area contributed by atoms with Crippen molar-refractivity contribution < 1.29 is 46.6 Å². The number of nitrogens with zero attached hydrogens (tertiary/aromatic N) is 4. The Morgan fingerprint density at radius 3 is 2.64 bits per heavy atom. The Morgan fingerprint density at radius 1 is 1.26 bits per heavy atom. The maximum atomic E-state index is 13.8. The zero-order valence-corrected chi connectivity index (χ0v) is 24.9. The van der Waals surface area contributed by atoms with Gasteiger partial charge in [0.15, 0.2) is 16.9 Å². The molecule has 4 N–H and O–H groups in total. The van der Waals surface area contributed by atoms with Gasteiger partial charge in [-0.05, 0) is 34.6 Å². The minimum Gasteiger partial charge on any atom is -0.476 e. The maximum absolute atomic E-state index is 13.8. The number of aliphatic hydroxyl groups excluding tert-OH is 1. The molecule has 1 aliphatic heterocycles. The van der Waals surface area contributed by atoms with Gasteiger partial charge in [0, 0.05) is 5.92 Å². The number of aryl methyl sites for hydroxylation is 1. The Kier molecular flexibility index (Phi) is 9.70. The van der Waals surface area contributed by atoms with Crippen LogP contribution in [0.15, 0.2) is 20.0 Å². The monoisotopic (exact) mass is 614 g/mol. The van der Waals surface area contributed by atoms with E-state index in [1.807, 2.05) is 0 Å². The lowest BCUT2D eigenvalue weighted by Crippen LogP contribution is -2.37. The number of nitrogen functional groups attached to an aromatic ring is 1. The van der Waals surface area contributed by atoms with Crippen LogP contribution in [0.1, 0.15) is 52.4 Å². The van der Waals surface area contributed by atoms with Gasteiger partial charge in [0.2, 0.25) is 11.8 Å². The highest BCUT2D eigenvalue weighted by Crippen LogP contribution is 2.47. The van der Waals surface area contributed by atoms with E-state index in [4.69, 9.17) is 37.8 Å². The molecule has 1 saturated heterocycles. The first-order valence-corrected chi connectivity index (χ1v) is 14.8. The van der Waals surface area contributed by atoms with Crippen molar-refractivity contribution in [1.82, 2.24) is 24.6 Å². The molecule has 0 spiro atoms. The van der Waals surface area contributed by atoms with Gasteiger partial charge in [-0.25, -0.2) is 19.4 Å². The predicted molar refractivity (Wildman–Crippen MR) is 144 cm³/mol. The molecule has 4 rings (SSSR count). The number of imidazole rings is 1. The summed E-state index contributed by atoms with van der Waals surface area (Å²) in [7, 11) is -4.31. The van der Waals surface area contributed by atoms with E-state index in [1.54, 1.807) is 32.3 Å². The molecule has 1 aliphatic rings. The molecule has 6 atom stereocenters. The molecule has 18 heteroatoms. The average Bonchev–Trinajstić information content (AvgIpc) is 3.56. The zero-order valence-electron chi connectivity index (χ0n) is 24.0. The second kappa shape index (κ2) is 12.9. The van der Waals surface area contributed by atoms with Crippen molar-refractivity contribution in [1.29, 1.82) is 0 Å². The van der Waals surface area contributed by atoms with Crippen LogP contribution in [0.3, 0.4) is 0 Å². The quantitative estimate of drug-likeness (QED) is 0.184. The number of rotatable bonds is 13. The van der Waals surface area contributed by atoms with Crippen LogP contribution in [0.5, 0.6) is 5.88 Å². The van der Waals surface area contributed by atoms with Crippen LogP contribution in [0, 0.1) is 12.8 Å². The molecule has 1 fully saturated rings. The van der Waals surface area contributed by atoms with Gasteiger partial charge in [-0.1, -0.05) is 6.92 Å². The Labute approximate surface area is 240 Å². The van der Waals surface area contributed by atoms with Crippen molar-refractivity contribution in [2.45, 2.75) is 78.7 Å². The first-order valence-electron chi connectivity index (χ1n) is 13.2. The fraction of sp³-hybridized carbons (Fsp3) is 0.625. The Balaban J connectivity index is 1.52. The summed E-state index contributed by atoms with van der Waals surface area (Å²) in [6, 6.07) is -1.11. The van der Waals surface area contributed by atoms with Gasteiger partial charge in [0.1, 0.15) is 30.7 Å². The summed E-state index contributed by atoms with van der Waals surface area (Å²) >= 11 is 0. The number of carbonyl (C=O) groups excluding carboxylic acids is 1. The number of hydrogen-bond donors (Lipinski definition) is 3. The summed E-state index contributed by atoms with van der Waals surface area (Å²) in [4.78, 5) is 36.5. The molecule has 0 radical (unpaired) electrons. The fourth-order valence-corrected chi connectivity index (χ4v) is 5.67. The van der Waals surface area contributed by atoms with Crippen molar-refractivity contribution in [2.75, 3.05) is 18.9 Å². The summed E-state index contributed by atoms with van der Waals surface area (Å²) in [6.07, 6.45) is -1.78. The van der Waals surface area contributed by atoms with Crippen LogP contribution in [0.4, 0.5) is 5.95 Å². The third-order valence-corrected chi connectivity index (χ3v) is 7.97. The van der Waals surface area contributed by atoms with E-state index < -0.39 is 69.3 Å². The number of hydrogen-bond acceptors (Lipinski definition) is 15. The van der Waals surface area contributed by atoms with Gasteiger partial charge in [-0.3, -0.25) is 18.4 Å². The third kappa shape index (κ3) is 6.99. The lowest BCUT2D eigenvalue weighted by atomic mass is 10.0. The molecule has 0 saturated carbocycles. The smallest absolute Gasteiger partial charge is 0.476 e. The molecule has 0 aliphatic carbocycles. The molecule has 0 aromatic carbocycles. The van der Waals surface area contributed by atoms with Gasteiger partial charge in [-0.2, -0.15) is 9.97 Å². The number of carbonyl (C=O) groups is 1. The van der Waals surface area contributed by atoms with E-state index in [-0.39, 0.29) is 23.3 Å². The molecule has 17 nitrogen and oxygen atoms in total. The topological polar surface area (TPSA) is 226 Å². The molecule has 6 unspecified atom stereocenters. The average molecular weight is 615 g/mol. The van der Waals surface area contributed by atoms with Crippen molar-refractivity contribution in [3.63, 3.8) is 0 Å². The van der Waals surface area contributed by atoms with Crippen molar-refractivity contribution >= 4 is 30.8 Å². The van der Waals surface area contributed by atoms with Crippen LogP contribution < -0.4 is 21.4 Å². The highest BCUT2D eigenvalue weighted by Gasteiger charge is 2.44. The van der Waals surface area contributed by atoms with E-state index in [9.17, 15) is 19.3 Å². The Morgan fingerprint density at radius 2 is 2.00 bits per heavy atom. The number of fused-ring (bicyclic) bond motifs is 1. The van der Waals surface area contributed by atoms with Crippen LogP contribution in [0.2, 0.25) is 0 Å². The molecule has 3 aromatic heterocycles. The first-order chi connectivity index (χ1) is 19.8.